The third-order valence-electron chi connectivity index (χ3n) is 5.20. The van der Waals surface area contributed by atoms with Crippen molar-refractivity contribution in [2.75, 3.05) is 14.2 Å². The van der Waals surface area contributed by atoms with Crippen LogP contribution in [0.15, 0.2) is 72.8 Å². The summed E-state index contributed by atoms with van der Waals surface area (Å²) in [5.74, 6) is -3.22. The van der Waals surface area contributed by atoms with Gasteiger partial charge in [0.25, 0.3) is 0 Å². The van der Waals surface area contributed by atoms with Crippen LogP contribution in [0.2, 0.25) is 0 Å². The van der Waals surface area contributed by atoms with Crippen molar-refractivity contribution in [3.8, 4) is 22.7 Å². The van der Waals surface area contributed by atoms with Crippen molar-refractivity contribution in [2.45, 2.75) is 6.61 Å². The molecule has 0 atom stereocenters. The third kappa shape index (κ3) is 4.74. The second kappa shape index (κ2) is 10.2. The highest BCUT2D eigenvalue weighted by molar-refractivity contribution is 6.07. The van der Waals surface area contributed by atoms with Gasteiger partial charge in [-0.1, -0.05) is 42.5 Å². The van der Waals surface area contributed by atoms with Gasteiger partial charge in [0.15, 0.2) is 17.3 Å². The van der Waals surface area contributed by atoms with Gasteiger partial charge in [-0.3, -0.25) is 0 Å². The zero-order valence-electron chi connectivity index (χ0n) is 18.8. The maximum absolute atomic E-state index is 14.1. The minimum Gasteiger partial charge on any atom is -0.486 e. The topological polar surface area (TPSA) is 79.7 Å². The Morgan fingerprint density at radius 3 is 2.29 bits per heavy atom. The van der Waals surface area contributed by atoms with E-state index < -0.39 is 23.6 Å². The molecule has 1 heterocycles. The molecule has 0 fully saturated rings. The lowest BCUT2D eigenvalue weighted by Crippen LogP contribution is -2.15. The first-order valence-corrected chi connectivity index (χ1v) is 10.5. The summed E-state index contributed by atoms with van der Waals surface area (Å²) < 4.78 is 44.3. The van der Waals surface area contributed by atoms with Crippen molar-refractivity contribution in [1.29, 1.82) is 0 Å². The fraction of sp³-hybridized carbons (Fsp3) is 0.115. The van der Waals surface area contributed by atoms with Gasteiger partial charge in [0.1, 0.15) is 23.7 Å². The van der Waals surface area contributed by atoms with Crippen LogP contribution in [0.1, 0.15) is 26.4 Å². The lowest BCUT2D eigenvalue weighted by atomic mass is 10.0. The van der Waals surface area contributed by atoms with Gasteiger partial charge in [0.2, 0.25) is 0 Å². The number of benzene rings is 3. The second-order valence-corrected chi connectivity index (χ2v) is 7.32. The third-order valence-corrected chi connectivity index (χ3v) is 5.20. The molecule has 0 aliphatic heterocycles. The molecule has 3 aromatic carbocycles. The van der Waals surface area contributed by atoms with Gasteiger partial charge in [-0.2, -0.15) is 5.10 Å². The molecule has 1 aromatic heterocycles. The van der Waals surface area contributed by atoms with Crippen molar-refractivity contribution >= 4 is 11.9 Å². The summed E-state index contributed by atoms with van der Waals surface area (Å²) in [6, 6.07) is 18.4. The maximum atomic E-state index is 14.1. The quantitative estimate of drug-likeness (QED) is 0.349. The van der Waals surface area contributed by atoms with E-state index in [2.05, 4.69) is 5.10 Å². The molecule has 7 nitrogen and oxygen atoms in total. The molecule has 0 spiro atoms. The van der Waals surface area contributed by atoms with E-state index >= 15 is 0 Å². The fourth-order valence-electron chi connectivity index (χ4n) is 3.56. The van der Waals surface area contributed by atoms with E-state index in [1.807, 2.05) is 0 Å². The molecule has 0 bridgehead atoms. The zero-order chi connectivity index (χ0) is 24.9. The van der Waals surface area contributed by atoms with Crippen molar-refractivity contribution in [1.82, 2.24) is 9.78 Å². The standard InChI is InChI=1S/C26H20F2N2O5/c1-33-25(31)22-23(29-30(24(22)26(32)34-2)18-9-4-3-5-10-18)19-11-7-6-8-16(19)15-35-21-14-17(27)12-13-20(21)28/h3-14H,15H2,1-2H3. The van der Waals surface area contributed by atoms with Gasteiger partial charge in [-0.15, -0.1) is 0 Å². The molecule has 4 aromatic rings. The number of para-hydroxylation sites is 1. The molecular formula is C26H20F2N2O5. The summed E-state index contributed by atoms with van der Waals surface area (Å²) in [6.45, 7) is -0.164. The number of aromatic nitrogens is 2. The predicted octanol–water partition coefficient (Wildman–Crippen LogP) is 4.97. The van der Waals surface area contributed by atoms with E-state index in [0.29, 0.717) is 16.8 Å². The molecule has 0 saturated heterocycles. The van der Waals surface area contributed by atoms with Gasteiger partial charge in [0.05, 0.1) is 19.9 Å². The van der Waals surface area contributed by atoms with Crippen molar-refractivity contribution in [3.05, 3.63) is 101 Å². The number of hydrogen-bond donors (Lipinski definition) is 0. The van der Waals surface area contributed by atoms with Crippen LogP contribution in [0.25, 0.3) is 16.9 Å². The molecular weight excluding hydrogens is 458 g/mol. The van der Waals surface area contributed by atoms with Crippen LogP contribution in [0.5, 0.6) is 5.75 Å². The highest BCUT2D eigenvalue weighted by atomic mass is 19.1. The Hall–Kier alpha value is -4.53. The molecule has 9 heteroatoms. The van der Waals surface area contributed by atoms with E-state index in [9.17, 15) is 18.4 Å². The van der Waals surface area contributed by atoms with Crippen molar-refractivity contribution in [2.24, 2.45) is 0 Å². The Bertz CT molecular complexity index is 1390. The number of rotatable bonds is 7. The van der Waals surface area contributed by atoms with E-state index in [1.54, 1.807) is 54.6 Å². The van der Waals surface area contributed by atoms with Gasteiger partial charge < -0.3 is 14.2 Å². The van der Waals surface area contributed by atoms with Crippen LogP contribution in [0, 0.1) is 11.6 Å². The summed E-state index contributed by atoms with van der Waals surface area (Å²) in [5, 5.41) is 4.56. The van der Waals surface area contributed by atoms with E-state index in [0.717, 1.165) is 18.2 Å². The first-order chi connectivity index (χ1) is 16.9. The predicted molar refractivity (Wildman–Crippen MR) is 122 cm³/mol. The summed E-state index contributed by atoms with van der Waals surface area (Å²) >= 11 is 0. The summed E-state index contributed by atoms with van der Waals surface area (Å²) in [4.78, 5) is 25.6. The Morgan fingerprint density at radius 1 is 0.886 bits per heavy atom. The van der Waals surface area contributed by atoms with Crippen molar-refractivity contribution < 1.29 is 32.6 Å². The molecule has 178 valence electrons. The maximum Gasteiger partial charge on any atom is 0.357 e. The number of nitrogens with zero attached hydrogens (tertiary/aromatic N) is 2. The van der Waals surface area contributed by atoms with Crippen LogP contribution < -0.4 is 4.74 Å². The Labute approximate surface area is 199 Å². The number of methoxy groups -OCH3 is 2. The first-order valence-electron chi connectivity index (χ1n) is 10.5. The van der Waals surface area contributed by atoms with E-state index in [4.69, 9.17) is 14.2 Å². The fourth-order valence-corrected chi connectivity index (χ4v) is 3.56. The van der Waals surface area contributed by atoms with Gasteiger partial charge in [0, 0.05) is 11.6 Å². The smallest absolute Gasteiger partial charge is 0.357 e. The summed E-state index contributed by atoms with van der Waals surface area (Å²) in [5.41, 5.74) is 1.37. The SMILES string of the molecule is COC(=O)c1c(-c2ccccc2COc2cc(F)ccc2F)nn(-c2ccccc2)c1C(=O)OC. The molecule has 0 saturated carbocycles. The normalized spacial score (nSPS) is 10.6. The van der Waals surface area contributed by atoms with Crippen LogP contribution in [0.4, 0.5) is 8.78 Å². The molecule has 0 N–H and O–H groups in total. The molecule has 0 unspecified atom stereocenters. The first kappa shape index (κ1) is 23.6. The number of ether oxygens (including phenoxy) is 3. The van der Waals surface area contributed by atoms with Crippen molar-refractivity contribution in [3.63, 3.8) is 0 Å². The molecule has 0 aliphatic carbocycles. The van der Waals surface area contributed by atoms with Crippen LogP contribution in [-0.2, 0) is 16.1 Å². The number of hydrogen-bond acceptors (Lipinski definition) is 6. The molecule has 0 radical (unpaired) electrons. The van der Waals surface area contributed by atoms with Gasteiger partial charge in [-0.05, 0) is 29.8 Å². The molecule has 4 rings (SSSR count). The van der Waals surface area contributed by atoms with Crippen LogP contribution in [-0.4, -0.2) is 35.9 Å². The minimum absolute atomic E-state index is 0.104. The second-order valence-electron chi connectivity index (χ2n) is 7.32. The highest BCUT2D eigenvalue weighted by Gasteiger charge is 2.32. The Balaban J connectivity index is 1.87. The zero-order valence-corrected chi connectivity index (χ0v) is 18.8. The van der Waals surface area contributed by atoms with Crippen LogP contribution in [0.3, 0.4) is 0 Å². The number of carbonyl (C=O) groups is 2. The summed E-state index contributed by atoms with van der Waals surface area (Å²) in [7, 11) is 2.38. The van der Waals surface area contributed by atoms with Crippen LogP contribution >= 0.6 is 0 Å². The lowest BCUT2D eigenvalue weighted by Gasteiger charge is -2.11. The highest BCUT2D eigenvalue weighted by Crippen LogP contribution is 2.32. The van der Waals surface area contributed by atoms with E-state index in [1.165, 1.54) is 18.9 Å². The molecule has 35 heavy (non-hydrogen) atoms. The average Bonchev–Trinajstić information content (AvgIpc) is 3.29. The lowest BCUT2D eigenvalue weighted by molar-refractivity contribution is 0.0549. The number of halogens is 2. The van der Waals surface area contributed by atoms with Gasteiger partial charge in [-0.25, -0.2) is 23.1 Å². The molecule has 0 amide bonds. The Morgan fingerprint density at radius 2 is 1.57 bits per heavy atom. The summed E-state index contributed by atoms with van der Waals surface area (Å²) in [6.07, 6.45) is 0. The Kier molecular flexibility index (Phi) is 6.86. The monoisotopic (exact) mass is 478 g/mol. The average molecular weight is 478 g/mol. The largest absolute Gasteiger partial charge is 0.486 e. The number of carbonyl (C=O) groups excluding carboxylic acids is 2. The van der Waals surface area contributed by atoms with E-state index in [-0.39, 0.29) is 29.3 Å². The minimum atomic E-state index is -0.797. The molecule has 0 aliphatic rings. The number of esters is 2. The van der Waals surface area contributed by atoms with Gasteiger partial charge >= 0.3 is 11.9 Å².